The van der Waals surface area contributed by atoms with E-state index >= 15 is 0 Å². The topological polar surface area (TPSA) is 45.6 Å². The van der Waals surface area contributed by atoms with Crippen molar-refractivity contribution < 1.29 is 4.74 Å². The van der Waals surface area contributed by atoms with Crippen LogP contribution in [0, 0.1) is 0 Å². The Morgan fingerprint density at radius 3 is 2.52 bits per heavy atom. The average Bonchev–Trinajstić information content (AvgIpc) is 3.05. The van der Waals surface area contributed by atoms with Crippen molar-refractivity contribution in [2.24, 2.45) is 7.05 Å². The number of nitrogens with one attached hydrogen (secondary N) is 1. The fourth-order valence-electron chi connectivity index (χ4n) is 4.27. The average molecular weight is 370 g/mol. The van der Waals surface area contributed by atoms with Gasteiger partial charge in [-0.25, -0.2) is 0 Å². The fraction of sp³-hybridized carbons (Fsp3) is 0.571. The highest BCUT2D eigenvalue weighted by Gasteiger charge is 2.20. The van der Waals surface area contributed by atoms with Crippen LogP contribution in [0.2, 0.25) is 0 Å². The molecule has 1 aliphatic carbocycles. The molecular weight excluding hydrogens is 338 g/mol. The van der Waals surface area contributed by atoms with Gasteiger partial charge in [0.25, 0.3) is 0 Å². The largest absolute Gasteiger partial charge is 0.497 e. The monoisotopic (exact) mass is 369 g/mol. The summed E-state index contributed by atoms with van der Waals surface area (Å²) >= 11 is 0. The molecule has 6 heteroatoms. The van der Waals surface area contributed by atoms with Crippen LogP contribution in [-0.4, -0.2) is 61.1 Å². The number of anilines is 2. The molecule has 2 aliphatic rings. The number of hydrogen-bond acceptors (Lipinski definition) is 5. The van der Waals surface area contributed by atoms with Crippen LogP contribution in [0.5, 0.6) is 5.75 Å². The Morgan fingerprint density at radius 1 is 1.04 bits per heavy atom. The summed E-state index contributed by atoms with van der Waals surface area (Å²) in [5, 5.41) is 8.30. The minimum atomic E-state index is 0.917. The van der Waals surface area contributed by atoms with Gasteiger partial charge in [0.05, 0.1) is 7.11 Å². The molecule has 0 atom stereocenters. The predicted molar refractivity (Wildman–Crippen MR) is 110 cm³/mol. The summed E-state index contributed by atoms with van der Waals surface area (Å²) in [4.78, 5) is 5.00. The first-order valence-electron chi connectivity index (χ1n) is 10.1. The normalized spacial score (nSPS) is 17.6. The Hall–Kier alpha value is -2.21. The second-order valence-electron chi connectivity index (χ2n) is 7.56. The predicted octanol–water partition coefficient (Wildman–Crippen LogP) is 2.54. The van der Waals surface area contributed by atoms with E-state index in [1.54, 1.807) is 7.11 Å². The van der Waals surface area contributed by atoms with Gasteiger partial charge in [0, 0.05) is 63.3 Å². The second kappa shape index (κ2) is 8.21. The van der Waals surface area contributed by atoms with E-state index in [1.807, 2.05) is 12.1 Å². The summed E-state index contributed by atoms with van der Waals surface area (Å²) in [7, 11) is 3.79. The third kappa shape index (κ3) is 4.05. The molecule has 0 amide bonds. The Bertz CT molecular complexity index is 747. The summed E-state index contributed by atoms with van der Waals surface area (Å²) < 4.78 is 7.32. The van der Waals surface area contributed by atoms with Crippen molar-refractivity contribution in [2.45, 2.75) is 25.7 Å². The second-order valence-corrected chi connectivity index (χ2v) is 7.56. The van der Waals surface area contributed by atoms with Crippen LogP contribution in [-0.2, 0) is 19.9 Å². The summed E-state index contributed by atoms with van der Waals surface area (Å²) in [5.74, 6) is 2.03. The minimum absolute atomic E-state index is 0.917. The lowest BCUT2D eigenvalue weighted by atomic mass is 9.97. The molecule has 0 unspecified atom stereocenters. The highest BCUT2D eigenvalue weighted by Crippen LogP contribution is 2.27. The summed E-state index contributed by atoms with van der Waals surface area (Å²) in [6.07, 6.45) is 4.94. The number of aromatic nitrogens is 2. The van der Waals surface area contributed by atoms with E-state index in [-0.39, 0.29) is 0 Å². The number of nitrogens with zero attached hydrogens (tertiary/aromatic N) is 4. The molecule has 0 radical (unpaired) electrons. The highest BCUT2D eigenvalue weighted by atomic mass is 16.5. The van der Waals surface area contributed by atoms with Gasteiger partial charge in [0.1, 0.15) is 5.75 Å². The molecule has 1 aromatic carbocycles. The molecule has 27 heavy (non-hydrogen) atoms. The number of benzene rings is 1. The molecule has 1 N–H and O–H groups in total. The van der Waals surface area contributed by atoms with E-state index in [0.29, 0.717) is 0 Å². The van der Waals surface area contributed by atoms with Gasteiger partial charge in [-0.2, -0.15) is 5.10 Å². The first-order chi connectivity index (χ1) is 13.2. The van der Waals surface area contributed by atoms with Gasteiger partial charge >= 0.3 is 0 Å². The summed E-state index contributed by atoms with van der Waals surface area (Å²) in [6, 6.07) is 8.39. The standard InChI is InChI=1S/C21H31N5O/c1-24-20-6-4-3-5-19(20)21(23-24)22-11-12-25-13-15-26(16-14-25)17-7-9-18(27-2)10-8-17/h7-10H,3-6,11-16H2,1-2H3,(H,22,23). The van der Waals surface area contributed by atoms with Crippen LogP contribution in [0.25, 0.3) is 0 Å². The van der Waals surface area contributed by atoms with Gasteiger partial charge in [-0.3, -0.25) is 9.58 Å². The van der Waals surface area contributed by atoms with E-state index in [9.17, 15) is 0 Å². The Morgan fingerprint density at radius 2 is 1.78 bits per heavy atom. The minimum Gasteiger partial charge on any atom is -0.497 e. The van der Waals surface area contributed by atoms with Gasteiger partial charge in [-0.1, -0.05) is 0 Å². The maximum atomic E-state index is 5.25. The Kier molecular flexibility index (Phi) is 5.53. The molecule has 0 spiro atoms. The van der Waals surface area contributed by atoms with Crippen LogP contribution in [0.15, 0.2) is 24.3 Å². The van der Waals surface area contributed by atoms with Crippen molar-refractivity contribution in [1.29, 1.82) is 0 Å². The Labute approximate surface area is 162 Å². The molecule has 1 aromatic heterocycles. The van der Waals surface area contributed by atoms with Crippen LogP contribution in [0.1, 0.15) is 24.1 Å². The zero-order valence-corrected chi connectivity index (χ0v) is 16.6. The van der Waals surface area contributed by atoms with Crippen LogP contribution < -0.4 is 15.0 Å². The van der Waals surface area contributed by atoms with Crippen molar-refractivity contribution in [2.75, 3.05) is 56.6 Å². The first-order valence-corrected chi connectivity index (χ1v) is 10.1. The Balaban J connectivity index is 1.24. The van der Waals surface area contributed by atoms with Crippen molar-refractivity contribution in [1.82, 2.24) is 14.7 Å². The van der Waals surface area contributed by atoms with Gasteiger partial charge < -0.3 is 15.0 Å². The van der Waals surface area contributed by atoms with E-state index in [1.165, 1.54) is 42.6 Å². The smallest absolute Gasteiger partial charge is 0.151 e. The van der Waals surface area contributed by atoms with Gasteiger partial charge in [0.2, 0.25) is 0 Å². The lowest BCUT2D eigenvalue weighted by Crippen LogP contribution is -2.47. The maximum Gasteiger partial charge on any atom is 0.151 e. The molecule has 4 rings (SSSR count). The number of methoxy groups -OCH3 is 1. The summed E-state index contributed by atoms with van der Waals surface area (Å²) in [5.41, 5.74) is 4.17. The zero-order valence-electron chi connectivity index (χ0n) is 16.6. The number of hydrogen-bond donors (Lipinski definition) is 1. The van der Waals surface area contributed by atoms with Crippen molar-refractivity contribution in [3.8, 4) is 5.75 Å². The van der Waals surface area contributed by atoms with E-state index in [2.05, 4.69) is 39.0 Å². The van der Waals surface area contributed by atoms with E-state index in [4.69, 9.17) is 9.84 Å². The molecule has 6 nitrogen and oxygen atoms in total. The summed E-state index contributed by atoms with van der Waals surface area (Å²) in [6.45, 7) is 6.40. The molecule has 1 saturated heterocycles. The number of ether oxygens (including phenoxy) is 1. The third-order valence-electron chi connectivity index (χ3n) is 5.90. The number of rotatable bonds is 6. The molecule has 0 bridgehead atoms. The number of aryl methyl sites for hydroxylation is 1. The third-order valence-corrected chi connectivity index (χ3v) is 5.90. The lowest BCUT2D eigenvalue weighted by Gasteiger charge is -2.36. The first kappa shape index (κ1) is 18.2. The molecule has 2 heterocycles. The molecule has 2 aromatic rings. The van der Waals surface area contributed by atoms with Gasteiger partial charge in [-0.15, -0.1) is 0 Å². The lowest BCUT2D eigenvalue weighted by molar-refractivity contribution is 0.267. The van der Waals surface area contributed by atoms with Gasteiger partial charge in [-0.05, 0) is 49.9 Å². The molecule has 1 aliphatic heterocycles. The maximum absolute atomic E-state index is 5.25. The van der Waals surface area contributed by atoms with E-state index in [0.717, 1.165) is 50.8 Å². The molecule has 1 fully saturated rings. The highest BCUT2D eigenvalue weighted by molar-refractivity contribution is 5.50. The van der Waals surface area contributed by atoms with Crippen LogP contribution in [0.4, 0.5) is 11.5 Å². The molecule has 0 saturated carbocycles. The molecular formula is C21H31N5O. The van der Waals surface area contributed by atoms with Crippen LogP contribution in [0.3, 0.4) is 0 Å². The van der Waals surface area contributed by atoms with Crippen molar-refractivity contribution >= 4 is 11.5 Å². The zero-order chi connectivity index (χ0) is 18.6. The van der Waals surface area contributed by atoms with E-state index < -0.39 is 0 Å². The van der Waals surface area contributed by atoms with Crippen LogP contribution >= 0.6 is 0 Å². The van der Waals surface area contributed by atoms with Gasteiger partial charge in [0.15, 0.2) is 5.82 Å². The number of fused-ring (bicyclic) bond motifs is 1. The van der Waals surface area contributed by atoms with Crippen molar-refractivity contribution in [3.63, 3.8) is 0 Å². The van der Waals surface area contributed by atoms with Crippen molar-refractivity contribution in [3.05, 3.63) is 35.5 Å². The fourth-order valence-corrected chi connectivity index (χ4v) is 4.27. The SMILES string of the molecule is COc1ccc(N2CCN(CCNc3nn(C)c4c3CCCC4)CC2)cc1. The molecule has 146 valence electrons. The number of piperazine rings is 1. The quantitative estimate of drug-likeness (QED) is 0.848.